The molecule has 23 heavy (non-hydrogen) atoms. The van der Waals surface area contributed by atoms with Crippen LogP contribution in [0.1, 0.15) is 0 Å². The molecule has 0 aliphatic rings. The normalized spacial score (nSPS) is 11.8. The van der Waals surface area contributed by atoms with Crippen LogP contribution in [0.2, 0.25) is 0 Å². The summed E-state index contributed by atoms with van der Waals surface area (Å²) in [6.45, 7) is 0. The number of fused-ring (bicyclic) bond motifs is 1. The number of aryl methyl sites for hydroxylation is 2. The molecule has 0 unspecified atom stereocenters. The topological polar surface area (TPSA) is 73.1 Å². The maximum atomic E-state index is 13.2. The Morgan fingerprint density at radius 2 is 1.70 bits per heavy atom. The molecule has 1 heterocycles. The Kier molecular flexibility index (Phi) is 3.48. The van der Waals surface area contributed by atoms with E-state index in [1.54, 1.807) is 20.2 Å². The Morgan fingerprint density at radius 3 is 2.39 bits per heavy atom. The van der Waals surface area contributed by atoms with Crippen molar-refractivity contribution in [2.45, 2.75) is 4.90 Å². The highest BCUT2D eigenvalue weighted by atomic mass is 32.2. The Labute approximate surface area is 131 Å². The minimum atomic E-state index is -3.88. The number of benzene rings is 2. The maximum absolute atomic E-state index is 13.2. The molecule has 8 heteroatoms. The Balaban J connectivity index is 2.08. The number of hydrogen-bond donors (Lipinski definition) is 1. The predicted octanol–water partition coefficient (Wildman–Crippen LogP) is 1.82. The van der Waals surface area contributed by atoms with Gasteiger partial charge in [0, 0.05) is 14.1 Å². The molecular weight excluding hydrogens is 321 g/mol. The van der Waals surface area contributed by atoms with Crippen LogP contribution in [0.3, 0.4) is 0 Å². The summed E-state index contributed by atoms with van der Waals surface area (Å²) in [6, 6.07) is 9.57. The van der Waals surface area contributed by atoms with Gasteiger partial charge in [-0.25, -0.2) is 17.6 Å². The average molecular weight is 335 g/mol. The van der Waals surface area contributed by atoms with E-state index in [1.165, 1.54) is 39.5 Å². The van der Waals surface area contributed by atoms with Gasteiger partial charge in [0.2, 0.25) is 0 Å². The Morgan fingerprint density at radius 1 is 1.00 bits per heavy atom. The van der Waals surface area contributed by atoms with Crippen LogP contribution in [-0.4, -0.2) is 17.6 Å². The minimum absolute atomic E-state index is 0.00420. The van der Waals surface area contributed by atoms with Crippen molar-refractivity contribution in [3.8, 4) is 0 Å². The van der Waals surface area contributed by atoms with Gasteiger partial charge in [-0.05, 0) is 36.4 Å². The number of imidazole rings is 1. The molecule has 0 spiro atoms. The molecule has 0 saturated carbocycles. The third kappa shape index (κ3) is 2.61. The predicted molar refractivity (Wildman–Crippen MR) is 85.4 cm³/mol. The average Bonchev–Trinajstić information content (AvgIpc) is 2.71. The van der Waals surface area contributed by atoms with E-state index in [0.717, 1.165) is 6.07 Å². The van der Waals surface area contributed by atoms with Crippen LogP contribution in [0.4, 0.5) is 10.1 Å². The van der Waals surface area contributed by atoms with Crippen LogP contribution < -0.4 is 10.4 Å². The summed E-state index contributed by atoms with van der Waals surface area (Å²) in [5.74, 6) is -0.536. The molecule has 0 fully saturated rings. The van der Waals surface area contributed by atoms with Gasteiger partial charge in [-0.15, -0.1) is 0 Å². The number of rotatable bonds is 3. The van der Waals surface area contributed by atoms with Gasteiger partial charge in [0.1, 0.15) is 5.82 Å². The maximum Gasteiger partial charge on any atom is 0.328 e. The van der Waals surface area contributed by atoms with Crippen molar-refractivity contribution in [3.63, 3.8) is 0 Å². The first-order chi connectivity index (χ1) is 10.8. The van der Waals surface area contributed by atoms with Gasteiger partial charge in [0.05, 0.1) is 21.6 Å². The smallest absolute Gasteiger partial charge is 0.295 e. The van der Waals surface area contributed by atoms with Crippen LogP contribution >= 0.6 is 0 Å². The fraction of sp³-hybridized carbons (Fsp3) is 0.133. The fourth-order valence-corrected chi connectivity index (χ4v) is 3.49. The third-order valence-corrected chi connectivity index (χ3v) is 5.01. The summed E-state index contributed by atoms with van der Waals surface area (Å²) in [5.41, 5.74) is 1.02. The number of sulfonamides is 1. The van der Waals surface area contributed by atoms with E-state index in [0.29, 0.717) is 11.0 Å². The molecule has 1 aromatic heterocycles. The summed E-state index contributed by atoms with van der Waals surface area (Å²) >= 11 is 0. The molecular formula is C15H14FN3O3S. The zero-order valence-electron chi connectivity index (χ0n) is 12.4. The van der Waals surface area contributed by atoms with Crippen molar-refractivity contribution in [1.82, 2.24) is 9.13 Å². The van der Waals surface area contributed by atoms with Crippen molar-refractivity contribution in [1.29, 1.82) is 0 Å². The van der Waals surface area contributed by atoms with Crippen LogP contribution in [0.25, 0.3) is 11.0 Å². The number of nitrogens with zero attached hydrogens (tertiary/aromatic N) is 2. The quantitative estimate of drug-likeness (QED) is 0.793. The molecule has 0 aliphatic carbocycles. The first kappa shape index (κ1) is 15.3. The molecule has 120 valence electrons. The monoisotopic (exact) mass is 335 g/mol. The van der Waals surface area contributed by atoms with Crippen LogP contribution in [0.15, 0.2) is 52.2 Å². The summed E-state index contributed by atoms with van der Waals surface area (Å²) < 4.78 is 43.2. The molecule has 2 aromatic carbocycles. The van der Waals surface area contributed by atoms with Crippen molar-refractivity contribution in [3.05, 3.63) is 58.8 Å². The molecule has 3 aromatic rings. The van der Waals surface area contributed by atoms with E-state index in [9.17, 15) is 17.6 Å². The molecule has 1 N–H and O–H groups in total. The lowest BCUT2D eigenvalue weighted by molar-refractivity contribution is 0.601. The van der Waals surface area contributed by atoms with Crippen molar-refractivity contribution < 1.29 is 12.8 Å². The van der Waals surface area contributed by atoms with Gasteiger partial charge in [-0.1, -0.05) is 6.07 Å². The molecule has 6 nitrogen and oxygen atoms in total. The highest BCUT2D eigenvalue weighted by molar-refractivity contribution is 7.92. The Bertz CT molecular complexity index is 1070. The molecule has 0 aliphatic heterocycles. The SMILES string of the molecule is Cn1c(=O)n(C)c2cc(S(=O)(=O)Nc3cccc(F)c3)ccc21. The van der Waals surface area contributed by atoms with Gasteiger partial charge < -0.3 is 0 Å². The van der Waals surface area contributed by atoms with Crippen LogP contribution in [-0.2, 0) is 24.1 Å². The zero-order chi connectivity index (χ0) is 16.8. The highest BCUT2D eigenvalue weighted by Crippen LogP contribution is 2.21. The standard InChI is InChI=1S/C15H14FN3O3S/c1-18-13-7-6-12(9-14(13)19(2)15(18)20)23(21,22)17-11-5-3-4-10(16)8-11/h3-9,17H,1-2H3. The van der Waals surface area contributed by atoms with E-state index in [2.05, 4.69) is 4.72 Å². The first-order valence-electron chi connectivity index (χ1n) is 6.73. The lowest BCUT2D eigenvalue weighted by Crippen LogP contribution is -2.19. The van der Waals surface area contributed by atoms with E-state index in [-0.39, 0.29) is 16.3 Å². The number of halogens is 1. The van der Waals surface area contributed by atoms with Gasteiger partial charge in [-0.2, -0.15) is 0 Å². The molecule has 0 atom stereocenters. The van der Waals surface area contributed by atoms with Crippen LogP contribution in [0, 0.1) is 5.82 Å². The van der Waals surface area contributed by atoms with Gasteiger partial charge in [0.15, 0.2) is 0 Å². The zero-order valence-corrected chi connectivity index (χ0v) is 13.3. The van der Waals surface area contributed by atoms with Gasteiger partial charge in [0.25, 0.3) is 10.0 Å². The van der Waals surface area contributed by atoms with E-state index in [1.807, 2.05) is 0 Å². The fourth-order valence-electron chi connectivity index (χ4n) is 2.42. The van der Waals surface area contributed by atoms with Crippen molar-refractivity contribution >= 4 is 26.7 Å². The molecule has 0 radical (unpaired) electrons. The third-order valence-electron chi connectivity index (χ3n) is 3.63. The van der Waals surface area contributed by atoms with Crippen molar-refractivity contribution in [2.75, 3.05) is 4.72 Å². The van der Waals surface area contributed by atoms with Crippen LogP contribution in [0.5, 0.6) is 0 Å². The second kappa shape index (κ2) is 5.24. The number of nitrogens with one attached hydrogen (secondary N) is 1. The van der Waals surface area contributed by atoms with Gasteiger partial charge in [-0.3, -0.25) is 13.9 Å². The Hall–Kier alpha value is -2.61. The lowest BCUT2D eigenvalue weighted by Gasteiger charge is -2.08. The number of anilines is 1. The van der Waals surface area contributed by atoms with E-state index in [4.69, 9.17) is 0 Å². The summed E-state index contributed by atoms with van der Waals surface area (Å²) in [7, 11) is -0.698. The number of hydrogen-bond acceptors (Lipinski definition) is 3. The summed E-state index contributed by atoms with van der Waals surface area (Å²) in [5, 5.41) is 0. The largest absolute Gasteiger partial charge is 0.328 e. The summed E-state index contributed by atoms with van der Waals surface area (Å²) in [6.07, 6.45) is 0. The van der Waals surface area contributed by atoms with Gasteiger partial charge >= 0.3 is 5.69 Å². The molecule has 0 saturated heterocycles. The minimum Gasteiger partial charge on any atom is -0.295 e. The highest BCUT2D eigenvalue weighted by Gasteiger charge is 2.17. The number of aromatic nitrogens is 2. The molecule has 0 bridgehead atoms. The molecule has 0 amide bonds. The first-order valence-corrected chi connectivity index (χ1v) is 8.22. The second-order valence-electron chi connectivity index (χ2n) is 5.17. The van der Waals surface area contributed by atoms with E-state index < -0.39 is 15.8 Å². The second-order valence-corrected chi connectivity index (χ2v) is 6.85. The van der Waals surface area contributed by atoms with E-state index >= 15 is 0 Å². The lowest BCUT2D eigenvalue weighted by atomic mass is 10.3. The molecule has 3 rings (SSSR count). The summed E-state index contributed by atoms with van der Waals surface area (Å²) in [4.78, 5) is 11.9. The van der Waals surface area contributed by atoms with Crippen molar-refractivity contribution in [2.24, 2.45) is 14.1 Å².